The molecule has 0 spiro atoms. The summed E-state index contributed by atoms with van der Waals surface area (Å²) in [5, 5.41) is 16.0. The second kappa shape index (κ2) is 14.8. The lowest BCUT2D eigenvalue weighted by atomic mass is 9.96. The normalized spacial score (nSPS) is 12.6. The summed E-state index contributed by atoms with van der Waals surface area (Å²) in [6.45, 7) is 2.95. The summed E-state index contributed by atoms with van der Waals surface area (Å²) >= 11 is 0. The molecular formula is C34H36N8O8. The van der Waals surface area contributed by atoms with Gasteiger partial charge in [-0.3, -0.25) is 19.2 Å². The number of carboxylic acids is 1. The van der Waals surface area contributed by atoms with Crippen LogP contribution in [0, 0.1) is 0 Å². The number of carboxylic acid groups (broad SMARTS) is 1. The van der Waals surface area contributed by atoms with Gasteiger partial charge in [-0.15, -0.1) is 0 Å². The van der Waals surface area contributed by atoms with Crippen LogP contribution in [-0.2, 0) is 24.2 Å². The number of hydrogen-bond acceptors (Lipinski definition) is 12. The Hall–Kier alpha value is -6.42. The molecule has 5 aromatic rings. The van der Waals surface area contributed by atoms with E-state index in [2.05, 4.69) is 20.1 Å². The van der Waals surface area contributed by atoms with Crippen LogP contribution < -0.4 is 38.3 Å². The van der Waals surface area contributed by atoms with Crippen LogP contribution in [0.2, 0.25) is 0 Å². The number of aromatic carboxylic acids is 1. The van der Waals surface area contributed by atoms with Crippen LogP contribution in [0.4, 0.5) is 11.4 Å². The van der Waals surface area contributed by atoms with Crippen molar-refractivity contribution in [1.29, 1.82) is 0 Å². The lowest BCUT2D eigenvalue weighted by Crippen LogP contribution is -2.44. The highest BCUT2D eigenvalue weighted by molar-refractivity contribution is 6.01. The molecular weight excluding hydrogens is 648 g/mol. The molecule has 1 atom stereocenters. The highest BCUT2D eigenvalue weighted by Gasteiger charge is 2.27. The number of anilines is 2. The van der Waals surface area contributed by atoms with E-state index in [1.807, 2.05) is 37.3 Å². The number of benzene rings is 2. The van der Waals surface area contributed by atoms with Crippen molar-refractivity contribution in [2.75, 3.05) is 24.3 Å². The number of rotatable bonds is 8. The molecule has 3 heterocycles. The third-order valence-corrected chi connectivity index (χ3v) is 8.02. The molecule has 0 fully saturated rings. The predicted molar refractivity (Wildman–Crippen MR) is 184 cm³/mol. The fraction of sp³-hybridized carbons (Fsp3) is 0.235. The topological polar surface area (TPSA) is 255 Å². The minimum atomic E-state index is -1.36. The maximum Gasteiger partial charge on any atom is 0.354 e. The van der Waals surface area contributed by atoms with Crippen molar-refractivity contribution in [2.24, 2.45) is 11.5 Å². The second-order valence-electron chi connectivity index (χ2n) is 11.3. The van der Waals surface area contributed by atoms with E-state index in [-0.39, 0.29) is 60.0 Å². The number of nitrogens with zero attached hydrogens (tertiary/aromatic N) is 4. The van der Waals surface area contributed by atoms with Gasteiger partial charge < -0.3 is 37.3 Å². The number of hydrogen-bond donors (Lipinski definition) is 5. The first-order valence-electron chi connectivity index (χ1n) is 14.9. The largest absolute Gasteiger partial charge is 0.477 e. The molecule has 0 saturated heterocycles. The van der Waals surface area contributed by atoms with Gasteiger partial charge in [0.25, 0.3) is 22.7 Å². The molecule has 0 bridgehead atoms. The first-order valence-corrected chi connectivity index (χ1v) is 14.9. The van der Waals surface area contributed by atoms with Gasteiger partial charge in [0.1, 0.15) is 22.6 Å². The molecule has 2 amide bonds. The quantitative estimate of drug-likeness (QED) is 0.114. The number of primary amides is 1. The van der Waals surface area contributed by atoms with Crippen molar-refractivity contribution >= 4 is 40.8 Å². The van der Waals surface area contributed by atoms with Crippen LogP contribution in [-0.4, -0.2) is 57.1 Å². The summed E-state index contributed by atoms with van der Waals surface area (Å²) in [5.74, 6) is -3.21. The molecule has 2 aromatic heterocycles. The summed E-state index contributed by atoms with van der Waals surface area (Å²) in [7, 11) is 1.36. The van der Waals surface area contributed by atoms with Gasteiger partial charge in [-0.2, -0.15) is 5.10 Å². The number of nitrogens with two attached hydrogens (primary N) is 3. The standard InChI is InChI=1S/C23H19N7O6.C10H13NO2.CH4/c24-16-17(19(32)18(16)31)29-4-3-11-2-1-10(5-12(11)9-29)7-26-22(34)14-6-15(23(35)36)30-21(28-14)13(8-27-30)20(25)33;1-7(11)8-3-5-9(6-4-8)10(12)13-2;/h1-2,5-6,8H,3-4,7,9,24H2,(H2,25,33)(H,26,34)(H,35,36);3-7H,11H2,1-2H3;1H4/t;7-;/m.0./s1. The highest BCUT2D eigenvalue weighted by Crippen LogP contribution is 2.26. The summed E-state index contributed by atoms with van der Waals surface area (Å²) in [4.78, 5) is 76.4. The van der Waals surface area contributed by atoms with Crippen LogP contribution in [0.3, 0.4) is 0 Å². The highest BCUT2D eigenvalue weighted by atomic mass is 16.5. The van der Waals surface area contributed by atoms with Gasteiger partial charge in [-0.05, 0) is 47.7 Å². The molecule has 8 N–H and O–H groups in total. The Balaban J connectivity index is 0.000000340. The van der Waals surface area contributed by atoms with Gasteiger partial charge >= 0.3 is 11.9 Å². The number of methoxy groups -OCH3 is 1. The van der Waals surface area contributed by atoms with Gasteiger partial charge in [-0.1, -0.05) is 37.8 Å². The first kappa shape index (κ1) is 36.4. The fourth-order valence-electron chi connectivity index (χ4n) is 5.34. The summed E-state index contributed by atoms with van der Waals surface area (Å²) in [6.07, 6.45) is 1.75. The summed E-state index contributed by atoms with van der Waals surface area (Å²) < 4.78 is 5.49. The van der Waals surface area contributed by atoms with E-state index in [9.17, 15) is 33.9 Å². The van der Waals surface area contributed by atoms with Crippen LogP contribution in [0.25, 0.3) is 5.65 Å². The molecule has 50 heavy (non-hydrogen) atoms. The number of carbonyl (C=O) groups is 4. The maximum atomic E-state index is 12.8. The molecule has 3 aromatic carbocycles. The Kier molecular flexibility index (Phi) is 10.8. The molecule has 260 valence electrons. The zero-order chi connectivity index (χ0) is 35.6. The van der Waals surface area contributed by atoms with Crippen molar-refractivity contribution < 1.29 is 29.0 Å². The molecule has 1 aliphatic rings. The van der Waals surface area contributed by atoms with Gasteiger partial charge in [-0.25, -0.2) is 19.1 Å². The molecule has 0 aliphatic carbocycles. The van der Waals surface area contributed by atoms with Crippen molar-refractivity contribution in [2.45, 2.75) is 39.9 Å². The first-order chi connectivity index (χ1) is 23.3. The number of ether oxygens (including phenoxy) is 1. The van der Waals surface area contributed by atoms with E-state index >= 15 is 0 Å². The molecule has 0 radical (unpaired) electrons. The lowest BCUT2D eigenvalue weighted by molar-refractivity contribution is 0.0599. The Bertz CT molecular complexity index is 2180. The Labute approximate surface area is 285 Å². The van der Waals surface area contributed by atoms with E-state index in [0.29, 0.717) is 25.1 Å². The lowest BCUT2D eigenvalue weighted by Gasteiger charge is -2.32. The molecule has 0 saturated carbocycles. The number of amides is 2. The van der Waals surface area contributed by atoms with Gasteiger partial charge in [0, 0.05) is 31.7 Å². The van der Waals surface area contributed by atoms with Crippen molar-refractivity contribution in [3.8, 4) is 0 Å². The fourth-order valence-corrected chi connectivity index (χ4v) is 5.34. The summed E-state index contributed by atoms with van der Waals surface area (Å²) in [6, 6.07) is 13.8. The third-order valence-electron chi connectivity index (χ3n) is 8.02. The van der Waals surface area contributed by atoms with E-state index < -0.39 is 28.6 Å². The maximum absolute atomic E-state index is 12.8. The molecule has 0 unspecified atom stereocenters. The molecule has 16 nitrogen and oxygen atoms in total. The Morgan fingerprint density at radius 3 is 2.34 bits per heavy atom. The summed E-state index contributed by atoms with van der Waals surface area (Å²) in [5.41, 5.74) is 19.1. The van der Waals surface area contributed by atoms with E-state index in [4.69, 9.17) is 17.2 Å². The SMILES string of the molecule is C.COC(=O)c1ccc([C@H](C)N)cc1.NC(=O)c1cnn2c(C(=O)O)cc(C(=O)NCc3ccc4c(c3)CN(c3c(N)c(=O)c3=O)CC4)nc12. The smallest absolute Gasteiger partial charge is 0.354 e. The van der Waals surface area contributed by atoms with Gasteiger partial charge in [0.05, 0.1) is 18.9 Å². The number of aromatic nitrogens is 3. The van der Waals surface area contributed by atoms with Crippen molar-refractivity contribution in [3.05, 3.63) is 120 Å². The van der Waals surface area contributed by atoms with Crippen LogP contribution in [0.15, 0.2) is 64.3 Å². The van der Waals surface area contributed by atoms with Crippen molar-refractivity contribution in [1.82, 2.24) is 19.9 Å². The van der Waals surface area contributed by atoms with E-state index in [1.165, 1.54) is 7.11 Å². The minimum Gasteiger partial charge on any atom is -0.477 e. The molecule has 16 heteroatoms. The average Bonchev–Trinajstić information content (AvgIpc) is 3.54. The molecule has 6 rings (SSSR count). The second-order valence-corrected chi connectivity index (χ2v) is 11.3. The number of fused-ring (bicyclic) bond motifs is 2. The number of nitrogen functional groups attached to an aromatic ring is 1. The monoisotopic (exact) mass is 684 g/mol. The third kappa shape index (κ3) is 7.19. The van der Waals surface area contributed by atoms with Gasteiger partial charge in [0.2, 0.25) is 0 Å². The minimum absolute atomic E-state index is 0. The predicted octanol–water partition coefficient (Wildman–Crippen LogP) is 1.33. The van der Waals surface area contributed by atoms with Crippen LogP contribution in [0.1, 0.15) is 84.3 Å². The number of esters is 1. The Morgan fingerprint density at radius 2 is 1.74 bits per heavy atom. The number of nitrogens with one attached hydrogen (secondary N) is 1. The van der Waals surface area contributed by atoms with Crippen LogP contribution in [0.5, 0.6) is 0 Å². The van der Waals surface area contributed by atoms with Gasteiger partial charge in [0.15, 0.2) is 11.3 Å². The van der Waals surface area contributed by atoms with Crippen LogP contribution >= 0.6 is 0 Å². The zero-order valence-corrected chi connectivity index (χ0v) is 26.4. The van der Waals surface area contributed by atoms with E-state index in [0.717, 1.165) is 39.0 Å². The number of carbonyl (C=O) groups excluding carboxylic acids is 3. The molecule has 1 aliphatic heterocycles. The van der Waals surface area contributed by atoms with Crippen molar-refractivity contribution in [3.63, 3.8) is 0 Å². The Morgan fingerprint density at radius 1 is 1.04 bits per heavy atom. The van der Waals surface area contributed by atoms with E-state index in [1.54, 1.807) is 17.0 Å². The zero-order valence-electron chi connectivity index (χ0n) is 26.4. The average molecular weight is 685 g/mol.